The van der Waals surface area contributed by atoms with E-state index in [1.807, 2.05) is 24.3 Å². The second kappa shape index (κ2) is 7.24. The van der Waals surface area contributed by atoms with Crippen LogP contribution in [0.2, 0.25) is 0 Å². The molecule has 7 nitrogen and oxygen atoms in total. The standard InChI is InChI=1S/C17H15N3O4/c18-7-13(17(21)20-10-14-2-1-5-22-14)9-19-8-12-3-4-15-16(6-12)24-11-23-15/h1-6,9,19H,8,10-11H2,(H,20,21)/b13-9-. The molecule has 2 heterocycles. The molecule has 2 N–H and O–H groups in total. The van der Waals surface area contributed by atoms with Crippen LogP contribution in [0.5, 0.6) is 11.5 Å². The molecule has 7 heteroatoms. The number of nitrogens with one attached hydrogen (secondary N) is 2. The van der Waals surface area contributed by atoms with Gasteiger partial charge in [-0.15, -0.1) is 0 Å². The SMILES string of the molecule is N#C/C(=C/NCc1ccc2c(c1)OCO2)C(=O)NCc1ccco1. The van der Waals surface area contributed by atoms with Crippen molar-refractivity contribution >= 4 is 5.91 Å². The molecule has 0 bridgehead atoms. The average molecular weight is 325 g/mol. The first-order valence-corrected chi connectivity index (χ1v) is 7.29. The summed E-state index contributed by atoms with van der Waals surface area (Å²) in [5, 5.41) is 14.7. The van der Waals surface area contributed by atoms with Gasteiger partial charge in [0.15, 0.2) is 11.5 Å². The minimum Gasteiger partial charge on any atom is -0.467 e. The minimum atomic E-state index is -0.466. The fourth-order valence-electron chi connectivity index (χ4n) is 2.15. The van der Waals surface area contributed by atoms with Crippen molar-refractivity contribution in [1.29, 1.82) is 5.26 Å². The summed E-state index contributed by atoms with van der Waals surface area (Å²) < 4.78 is 15.7. The van der Waals surface area contributed by atoms with Crippen LogP contribution in [0.3, 0.4) is 0 Å². The van der Waals surface area contributed by atoms with Gasteiger partial charge in [-0.05, 0) is 29.8 Å². The third-order valence-electron chi connectivity index (χ3n) is 3.36. The Morgan fingerprint density at radius 2 is 2.12 bits per heavy atom. The number of ether oxygens (including phenoxy) is 2. The van der Waals surface area contributed by atoms with Crippen LogP contribution in [0.15, 0.2) is 52.8 Å². The Hall–Kier alpha value is -3.40. The van der Waals surface area contributed by atoms with E-state index >= 15 is 0 Å². The summed E-state index contributed by atoms with van der Waals surface area (Å²) in [4.78, 5) is 11.9. The molecule has 1 aromatic carbocycles. The number of amides is 1. The molecular weight excluding hydrogens is 310 g/mol. The highest BCUT2D eigenvalue weighted by Crippen LogP contribution is 2.32. The van der Waals surface area contributed by atoms with E-state index in [-0.39, 0.29) is 18.9 Å². The van der Waals surface area contributed by atoms with E-state index in [2.05, 4.69) is 10.6 Å². The fraction of sp³-hybridized carbons (Fsp3) is 0.176. The summed E-state index contributed by atoms with van der Waals surface area (Å²) in [5.74, 6) is 1.56. The second-order valence-corrected chi connectivity index (χ2v) is 5.00. The van der Waals surface area contributed by atoms with E-state index in [0.717, 1.165) is 5.56 Å². The zero-order chi connectivity index (χ0) is 16.8. The first kappa shape index (κ1) is 15.5. The summed E-state index contributed by atoms with van der Waals surface area (Å²) in [6.07, 6.45) is 2.91. The number of carbonyl (C=O) groups excluding carboxylic acids is 1. The van der Waals surface area contributed by atoms with Crippen LogP contribution in [-0.2, 0) is 17.9 Å². The van der Waals surface area contributed by atoms with Gasteiger partial charge in [0.1, 0.15) is 17.4 Å². The fourth-order valence-corrected chi connectivity index (χ4v) is 2.15. The van der Waals surface area contributed by atoms with Crippen LogP contribution < -0.4 is 20.1 Å². The molecule has 2 aromatic rings. The summed E-state index contributed by atoms with van der Waals surface area (Å²) in [6, 6.07) is 10.9. The molecule has 122 valence electrons. The predicted octanol–water partition coefficient (Wildman–Crippen LogP) is 1.82. The normalized spacial score (nSPS) is 12.5. The van der Waals surface area contributed by atoms with Gasteiger partial charge in [0.25, 0.3) is 5.91 Å². The van der Waals surface area contributed by atoms with Gasteiger partial charge in [-0.25, -0.2) is 0 Å². The monoisotopic (exact) mass is 325 g/mol. The molecule has 0 saturated carbocycles. The maximum atomic E-state index is 11.9. The Kier molecular flexibility index (Phi) is 4.68. The largest absolute Gasteiger partial charge is 0.467 e. The molecule has 1 amide bonds. The average Bonchev–Trinajstić information content (AvgIpc) is 3.27. The van der Waals surface area contributed by atoms with E-state index in [9.17, 15) is 4.79 Å². The Morgan fingerprint density at radius 1 is 1.25 bits per heavy atom. The molecule has 1 aromatic heterocycles. The maximum absolute atomic E-state index is 11.9. The van der Waals surface area contributed by atoms with Crippen molar-refractivity contribution in [2.75, 3.05) is 6.79 Å². The molecule has 1 aliphatic rings. The van der Waals surface area contributed by atoms with Crippen molar-refractivity contribution in [3.63, 3.8) is 0 Å². The Balaban J connectivity index is 1.53. The number of carbonyl (C=O) groups is 1. The lowest BCUT2D eigenvalue weighted by molar-refractivity contribution is -0.117. The molecule has 0 saturated heterocycles. The van der Waals surface area contributed by atoms with Crippen LogP contribution in [0.4, 0.5) is 0 Å². The first-order chi connectivity index (χ1) is 11.8. The maximum Gasteiger partial charge on any atom is 0.263 e. The highest BCUT2D eigenvalue weighted by Gasteiger charge is 2.13. The van der Waals surface area contributed by atoms with Crippen molar-refractivity contribution in [1.82, 2.24) is 10.6 Å². The number of benzene rings is 1. The third-order valence-corrected chi connectivity index (χ3v) is 3.36. The summed E-state index contributed by atoms with van der Waals surface area (Å²) >= 11 is 0. The molecule has 24 heavy (non-hydrogen) atoms. The highest BCUT2D eigenvalue weighted by atomic mass is 16.7. The van der Waals surface area contributed by atoms with E-state index in [4.69, 9.17) is 19.2 Å². The summed E-state index contributed by atoms with van der Waals surface area (Å²) in [5.41, 5.74) is 0.936. The quantitative estimate of drug-likeness (QED) is 0.621. The topological polar surface area (TPSA) is 96.5 Å². The smallest absolute Gasteiger partial charge is 0.263 e. The minimum absolute atomic E-state index is 0.0118. The van der Waals surface area contributed by atoms with Gasteiger partial charge in [-0.1, -0.05) is 6.07 Å². The van der Waals surface area contributed by atoms with Crippen LogP contribution in [0, 0.1) is 11.3 Å². The lowest BCUT2D eigenvalue weighted by Gasteiger charge is -2.05. The zero-order valence-electron chi connectivity index (χ0n) is 12.7. The third kappa shape index (κ3) is 3.67. The van der Waals surface area contributed by atoms with E-state index in [0.29, 0.717) is 23.8 Å². The van der Waals surface area contributed by atoms with Gasteiger partial charge in [0.05, 0.1) is 12.8 Å². The Labute approximate surface area is 138 Å². The number of nitrogens with zero attached hydrogens (tertiary/aromatic N) is 1. The van der Waals surface area contributed by atoms with Gasteiger partial charge >= 0.3 is 0 Å². The number of fused-ring (bicyclic) bond motifs is 1. The van der Waals surface area contributed by atoms with Crippen molar-refractivity contribution in [3.8, 4) is 17.6 Å². The number of hydrogen-bond donors (Lipinski definition) is 2. The van der Waals surface area contributed by atoms with Gasteiger partial charge < -0.3 is 24.5 Å². The molecule has 3 rings (SSSR count). The van der Waals surface area contributed by atoms with Gasteiger partial charge in [-0.3, -0.25) is 4.79 Å². The van der Waals surface area contributed by atoms with Crippen LogP contribution in [0.25, 0.3) is 0 Å². The van der Waals surface area contributed by atoms with Gasteiger partial charge in [0.2, 0.25) is 6.79 Å². The summed E-state index contributed by atoms with van der Waals surface area (Å²) in [7, 11) is 0. The molecule has 0 fully saturated rings. The van der Waals surface area contributed by atoms with Crippen LogP contribution in [0.1, 0.15) is 11.3 Å². The van der Waals surface area contributed by atoms with E-state index in [1.54, 1.807) is 12.1 Å². The predicted molar refractivity (Wildman–Crippen MR) is 83.7 cm³/mol. The first-order valence-electron chi connectivity index (χ1n) is 7.29. The number of furan rings is 1. The van der Waals surface area contributed by atoms with Crippen molar-refractivity contribution < 1.29 is 18.7 Å². The van der Waals surface area contributed by atoms with Crippen molar-refractivity contribution in [2.24, 2.45) is 0 Å². The molecule has 0 spiro atoms. The molecule has 0 aliphatic carbocycles. The van der Waals surface area contributed by atoms with Crippen molar-refractivity contribution in [3.05, 3.63) is 59.7 Å². The summed E-state index contributed by atoms with van der Waals surface area (Å²) in [6.45, 7) is 0.904. The van der Waals surface area contributed by atoms with Crippen molar-refractivity contribution in [2.45, 2.75) is 13.1 Å². The molecular formula is C17H15N3O4. The van der Waals surface area contributed by atoms with Crippen LogP contribution >= 0.6 is 0 Å². The molecule has 0 unspecified atom stereocenters. The lowest BCUT2D eigenvalue weighted by atomic mass is 10.2. The van der Waals surface area contributed by atoms with Gasteiger partial charge in [0, 0.05) is 12.7 Å². The van der Waals surface area contributed by atoms with Gasteiger partial charge in [-0.2, -0.15) is 5.26 Å². The Morgan fingerprint density at radius 3 is 2.92 bits per heavy atom. The highest BCUT2D eigenvalue weighted by molar-refractivity contribution is 5.97. The van der Waals surface area contributed by atoms with E-state index < -0.39 is 5.91 Å². The number of hydrogen-bond acceptors (Lipinski definition) is 6. The second-order valence-electron chi connectivity index (χ2n) is 5.00. The Bertz CT molecular complexity index is 791. The number of rotatable bonds is 6. The van der Waals surface area contributed by atoms with Crippen LogP contribution in [-0.4, -0.2) is 12.7 Å². The molecule has 1 aliphatic heterocycles. The number of nitriles is 1. The zero-order valence-corrected chi connectivity index (χ0v) is 12.7. The lowest BCUT2D eigenvalue weighted by Crippen LogP contribution is -2.25. The molecule has 0 radical (unpaired) electrons. The van der Waals surface area contributed by atoms with E-state index in [1.165, 1.54) is 12.5 Å². The molecule has 0 atom stereocenters.